The van der Waals surface area contributed by atoms with Crippen LogP contribution >= 0.6 is 0 Å². The lowest BCUT2D eigenvalue weighted by Crippen LogP contribution is -2.44. The largest absolute Gasteiger partial charge is 0.464 e. The van der Waals surface area contributed by atoms with Crippen LogP contribution in [0.3, 0.4) is 0 Å². The van der Waals surface area contributed by atoms with Crippen LogP contribution in [0.2, 0.25) is 0 Å². The van der Waals surface area contributed by atoms with Crippen LogP contribution < -0.4 is 0 Å². The highest BCUT2D eigenvalue weighted by atomic mass is 16.3. The minimum Gasteiger partial charge on any atom is -0.464 e. The van der Waals surface area contributed by atoms with Crippen LogP contribution in [0.5, 0.6) is 0 Å². The maximum atomic E-state index is 13.5. The topological polar surface area (TPSA) is 53.8 Å². The Morgan fingerprint density at radius 1 is 0.853 bits per heavy atom. The summed E-state index contributed by atoms with van der Waals surface area (Å²) in [7, 11) is 0. The van der Waals surface area contributed by atoms with Gasteiger partial charge in [-0.25, -0.2) is 0 Å². The number of nitrogens with zero attached hydrogens (tertiary/aromatic N) is 2. The molecule has 1 aromatic heterocycles. The van der Waals surface area contributed by atoms with Crippen LogP contribution in [0, 0.1) is 19.8 Å². The van der Waals surface area contributed by atoms with Gasteiger partial charge in [0.05, 0.1) is 6.54 Å². The molecule has 180 valence electrons. The highest BCUT2D eigenvalue weighted by Gasteiger charge is 2.24. The maximum absolute atomic E-state index is 13.5. The van der Waals surface area contributed by atoms with Crippen LogP contribution in [0.4, 0.5) is 0 Å². The molecule has 0 aliphatic rings. The number of rotatable bonds is 11. The summed E-state index contributed by atoms with van der Waals surface area (Å²) in [5.41, 5.74) is 2.74. The quantitative estimate of drug-likeness (QED) is 0.371. The standard InChI is InChI=1S/C29H36N2O3/c1-22(2)16-18-31(29(33)27-13-9-8-10-23(27)3)21-28(32)30(20-26-15-14-24(4)34-26)19-17-25-11-6-5-7-12-25/h5-15,22H,16-21H2,1-4H3. The molecule has 5 heteroatoms. The van der Waals surface area contributed by atoms with Crippen LogP contribution in [-0.4, -0.2) is 41.2 Å². The van der Waals surface area contributed by atoms with E-state index in [1.165, 1.54) is 5.56 Å². The molecule has 2 aromatic carbocycles. The molecular formula is C29H36N2O3. The van der Waals surface area contributed by atoms with Gasteiger partial charge in [0.15, 0.2) is 0 Å². The second kappa shape index (κ2) is 12.2. The lowest BCUT2D eigenvalue weighted by molar-refractivity contribution is -0.132. The van der Waals surface area contributed by atoms with E-state index in [-0.39, 0.29) is 18.4 Å². The predicted molar refractivity (Wildman–Crippen MR) is 136 cm³/mol. The van der Waals surface area contributed by atoms with E-state index >= 15 is 0 Å². The predicted octanol–water partition coefficient (Wildman–Crippen LogP) is 5.66. The summed E-state index contributed by atoms with van der Waals surface area (Å²) in [6, 6.07) is 21.5. The van der Waals surface area contributed by atoms with E-state index in [1.807, 2.05) is 68.4 Å². The molecule has 34 heavy (non-hydrogen) atoms. The Bertz CT molecular complexity index is 1070. The Labute approximate surface area is 203 Å². The molecule has 0 spiro atoms. The summed E-state index contributed by atoms with van der Waals surface area (Å²) in [6.45, 7) is 9.62. The fourth-order valence-electron chi connectivity index (χ4n) is 3.87. The van der Waals surface area contributed by atoms with Gasteiger partial charge in [-0.1, -0.05) is 62.4 Å². The molecule has 0 aliphatic heterocycles. The fourth-order valence-corrected chi connectivity index (χ4v) is 3.87. The molecule has 0 aliphatic carbocycles. The highest BCUT2D eigenvalue weighted by molar-refractivity contribution is 5.97. The monoisotopic (exact) mass is 460 g/mol. The van der Waals surface area contributed by atoms with Gasteiger partial charge in [-0.15, -0.1) is 0 Å². The first-order valence-electron chi connectivity index (χ1n) is 12.1. The van der Waals surface area contributed by atoms with Gasteiger partial charge in [0.25, 0.3) is 5.91 Å². The van der Waals surface area contributed by atoms with Crippen molar-refractivity contribution in [1.29, 1.82) is 0 Å². The number of aryl methyl sites for hydroxylation is 2. The SMILES string of the molecule is Cc1ccc(CN(CCc2ccccc2)C(=O)CN(CCC(C)C)C(=O)c2ccccc2C)o1. The van der Waals surface area contributed by atoms with Crippen molar-refractivity contribution in [3.8, 4) is 0 Å². The number of hydrogen-bond donors (Lipinski definition) is 0. The average molecular weight is 461 g/mol. The number of amides is 2. The van der Waals surface area contributed by atoms with Crippen molar-refractivity contribution in [2.45, 2.75) is 47.1 Å². The summed E-state index contributed by atoms with van der Waals surface area (Å²) in [4.78, 5) is 30.5. The number of benzene rings is 2. The zero-order chi connectivity index (χ0) is 24.5. The molecule has 0 radical (unpaired) electrons. The molecule has 0 saturated carbocycles. The van der Waals surface area contributed by atoms with E-state index in [0.29, 0.717) is 31.1 Å². The molecule has 2 amide bonds. The highest BCUT2D eigenvalue weighted by Crippen LogP contribution is 2.15. The fraction of sp³-hybridized carbons (Fsp3) is 0.379. The first-order chi connectivity index (χ1) is 16.3. The summed E-state index contributed by atoms with van der Waals surface area (Å²) >= 11 is 0. The molecule has 0 N–H and O–H groups in total. The zero-order valence-corrected chi connectivity index (χ0v) is 20.8. The molecule has 1 heterocycles. The van der Waals surface area contributed by atoms with E-state index in [4.69, 9.17) is 4.42 Å². The first kappa shape index (κ1) is 25.3. The van der Waals surface area contributed by atoms with Gasteiger partial charge in [0.2, 0.25) is 5.91 Å². The van der Waals surface area contributed by atoms with Gasteiger partial charge in [0, 0.05) is 18.7 Å². The lowest BCUT2D eigenvalue weighted by Gasteiger charge is -2.28. The van der Waals surface area contributed by atoms with E-state index in [2.05, 4.69) is 26.0 Å². The number of hydrogen-bond acceptors (Lipinski definition) is 3. The van der Waals surface area contributed by atoms with Gasteiger partial charge in [-0.05, 0) is 61.9 Å². The Kier molecular flexibility index (Phi) is 9.08. The molecular weight excluding hydrogens is 424 g/mol. The molecule has 3 aromatic rings. The third-order valence-corrected chi connectivity index (χ3v) is 5.97. The van der Waals surface area contributed by atoms with Crippen molar-refractivity contribution in [1.82, 2.24) is 9.80 Å². The Morgan fingerprint density at radius 2 is 1.56 bits per heavy atom. The average Bonchev–Trinajstić information content (AvgIpc) is 3.24. The van der Waals surface area contributed by atoms with Crippen molar-refractivity contribution in [2.24, 2.45) is 5.92 Å². The molecule has 0 bridgehead atoms. The summed E-state index contributed by atoms with van der Waals surface area (Å²) < 4.78 is 5.76. The Hall–Kier alpha value is -3.34. The zero-order valence-electron chi connectivity index (χ0n) is 20.8. The van der Waals surface area contributed by atoms with Crippen molar-refractivity contribution in [3.05, 3.63) is 94.9 Å². The lowest BCUT2D eigenvalue weighted by atomic mass is 10.1. The van der Waals surface area contributed by atoms with Crippen LogP contribution in [0.1, 0.15) is 53.3 Å². The van der Waals surface area contributed by atoms with Crippen molar-refractivity contribution >= 4 is 11.8 Å². The first-order valence-corrected chi connectivity index (χ1v) is 12.1. The smallest absolute Gasteiger partial charge is 0.254 e. The van der Waals surface area contributed by atoms with E-state index in [0.717, 1.165) is 29.9 Å². The maximum Gasteiger partial charge on any atom is 0.254 e. The van der Waals surface area contributed by atoms with E-state index < -0.39 is 0 Å². The van der Waals surface area contributed by atoms with E-state index in [9.17, 15) is 9.59 Å². The minimum absolute atomic E-state index is 0.0500. The van der Waals surface area contributed by atoms with Crippen LogP contribution in [0.25, 0.3) is 0 Å². The van der Waals surface area contributed by atoms with Crippen LogP contribution in [-0.2, 0) is 17.8 Å². The van der Waals surface area contributed by atoms with E-state index in [1.54, 1.807) is 9.80 Å². The number of carbonyl (C=O) groups is 2. The van der Waals surface area contributed by atoms with Crippen LogP contribution in [0.15, 0.2) is 71.1 Å². The van der Waals surface area contributed by atoms with Gasteiger partial charge in [0.1, 0.15) is 18.1 Å². The van der Waals surface area contributed by atoms with Crippen molar-refractivity contribution in [2.75, 3.05) is 19.6 Å². The van der Waals surface area contributed by atoms with Gasteiger partial charge in [-0.2, -0.15) is 0 Å². The van der Waals surface area contributed by atoms with Gasteiger partial charge < -0.3 is 14.2 Å². The number of carbonyl (C=O) groups excluding carboxylic acids is 2. The third kappa shape index (κ3) is 7.34. The molecule has 0 saturated heterocycles. The molecule has 0 unspecified atom stereocenters. The van der Waals surface area contributed by atoms with Crippen molar-refractivity contribution < 1.29 is 14.0 Å². The van der Waals surface area contributed by atoms with Crippen molar-refractivity contribution in [3.63, 3.8) is 0 Å². The Morgan fingerprint density at radius 3 is 2.21 bits per heavy atom. The normalized spacial score (nSPS) is 11.0. The van der Waals surface area contributed by atoms with Gasteiger partial charge in [-0.3, -0.25) is 9.59 Å². The minimum atomic E-state index is -0.0936. The molecule has 5 nitrogen and oxygen atoms in total. The summed E-state index contributed by atoms with van der Waals surface area (Å²) in [5.74, 6) is 1.83. The molecule has 0 atom stereocenters. The molecule has 3 rings (SSSR count). The second-order valence-electron chi connectivity index (χ2n) is 9.29. The summed E-state index contributed by atoms with van der Waals surface area (Å²) in [5, 5.41) is 0. The van der Waals surface area contributed by atoms with Gasteiger partial charge >= 0.3 is 0 Å². The Balaban J connectivity index is 1.78. The third-order valence-electron chi connectivity index (χ3n) is 5.97. The molecule has 0 fully saturated rings. The summed E-state index contributed by atoms with van der Waals surface area (Å²) in [6.07, 6.45) is 1.58. The second-order valence-corrected chi connectivity index (χ2v) is 9.29. The number of furan rings is 1.